The molecule has 0 saturated carbocycles. The van der Waals surface area contributed by atoms with Crippen molar-refractivity contribution in [3.8, 4) is 22.1 Å². The van der Waals surface area contributed by atoms with E-state index in [0.717, 1.165) is 15.2 Å². The molecule has 2 N–H and O–H groups in total. The second kappa shape index (κ2) is 9.93. The van der Waals surface area contributed by atoms with Crippen molar-refractivity contribution in [1.29, 1.82) is 0 Å². The van der Waals surface area contributed by atoms with Gasteiger partial charge in [-0.1, -0.05) is 41.4 Å². The fraction of sp³-hybridized carbons (Fsp3) is 0.0870. The fourth-order valence-electron chi connectivity index (χ4n) is 3.19. The van der Waals surface area contributed by atoms with Crippen molar-refractivity contribution in [1.82, 2.24) is 10.3 Å². The minimum atomic E-state index is -0.488. The van der Waals surface area contributed by atoms with Gasteiger partial charge in [0.2, 0.25) is 0 Å². The van der Waals surface area contributed by atoms with Gasteiger partial charge in [0.05, 0.1) is 40.2 Å². The monoisotopic (exact) mass is 517 g/mol. The van der Waals surface area contributed by atoms with Gasteiger partial charge < -0.3 is 14.8 Å². The quantitative estimate of drug-likeness (QED) is 0.298. The highest BCUT2D eigenvalue weighted by Crippen LogP contribution is 2.39. The molecule has 168 valence electrons. The van der Waals surface area contributed by atoms with Crippen LogP contribution in [0.25, 0.3) is 20.8 Å². The van der Waals surface area contributed by atoms with Crippen molar-refractivity contribution >= 4 is 73.7 Å². The molecule has 1 heterocycles. The van der Waals surface area contributed by atoms with E-state index in [-0.39, 0.29) is 10.7 Å². The van der Waals surface area contributed by atoms with Crippen LogP contribution in [0.2, 0.25) is 10.0 Å². The third-order valence-electron chi connectivity index (χ3n) is 4.71. The number of halogens is 2. The first kappa shape index (κ1) is 23.3. The molecule has 4 aromatic rings. The summed E-state index contributed by atoms with van der Waals surface area (Å²) in [7, 11) is 2.94. The number of hydrogen-bond acceptors (Lipinski definition) is 6. The third-order valence-corrected chi connectivity index (χ3v) is 6.61. The van der Waals surface area contributed by atoms with Crippen molar-refractivity contribution in [3.05, 3.63) is 70.2 Å². The second-order valence-electron chi connectivity index (χ2n) is 6.74. The summed E-state index contributed by atoms with van der Waals surface area (Å²) in [6.07, 6.45) is 0. The first-order valence-electron chi connectivity index (χ1n) is 9.59. The molecule has 1 aromatic heterocycles. The summed E-state index contributed by atoms with van der Waals surface area (Å²) >= 11 is 19.7. The minimum absolute atomic E-state index is 0.0485. The number of nitrogens with zero attached hydrogens (tertiary/aromatic N) is 1. The number of rotatable bonds is 5. The number of anilines is 1. The number of aromatic nitrogens is 1. The van der Waals surface area contributed by atoms with Gasteiger partial charge in [-0.15, -0.1) is 11.3 Å². The molecular weight excluding hydrogens is 501 g/mol. The van der Waals surface area contributed by atoms with E-state index in [1.807, 2.05) is 24.3 Å². The van der Waals surface area contributed by atoms with Crippen molar-refractivity contribution in [2.45, 2.75) is 0 Å². The molecule has 0 spiro atoms. The van der Waals surface area contributed by atoms with Crippen molar-refractivity contribution < 1.29 is 14.3 Å². The molecule has 3 aromatic carbocycles. The molecule has 0 unspecified atom stereocenters. The predicted octanol–water partition coefficient (Wildman–Crippen LogP) is 6.41. The summed E-state index contributed by atoms with van der Waals surface area (Å²) in [4.78, 5) is 17.5. The highest BCUT2D eigenvalue weighted by atomic mass is 35.5. The highest BCUT2D eigenvalue weighted by molar-refractivity contribution is 7.80. The van der Waals surface area contributed by atoms with Crippen molar-refractivity contribution in [2.75, 3.05) is 19.5 Å². The van der Waals surface area contributed by atoms with E-state index in [1.54, 1.807) is 30.3 Å². The lowest BCUT2D eigenvalue weighted by Gasteiger charge is -2.15. The van der Waals surface area contributed by atoms with E-state index < -0.39 is 5.91 Å². The van der Waals surface area contributed by atoms with E-state index in [2.05, 4.69) is 15.6 Å². The summed E-state index contributed by atoms with van der Waals surface area (Å²) in [5.74, 6) is 0.230. The number of para-hydroxylation sites is 1. The summed E-state index contributed by atoms with van der Waals surface area (Å²) in [6.45, 7) is 0. The highest BCUT2D eigenvalue weighted by Gasteiger charge is 2.20. The number of fused-ring (bicyclic) bond motifs is 1. The molecule has 0 fully saturated rings. The van der Waals surface area contributed by atoms with E-state index in [4.69, 9.17) is 44.9 Å². The normalized spacial score (nSPS) is 10.7. The second-order valence-corrected chi connectivity index (χ2v) is 9.00. The fourth-order valence-corrected chi connectivity index (χ4v) is 4.96. The predicted molar refractivity (Wildman–Crippen MR) is 138 cm³/mol. The Hall–Kier alpha value is -2.91. The lowest BCUT2D eigenvalue weighted by Crippen LogP contribution is -2.34. The Morgan fingerprint density at radius 3 is 2.36 bits per heavy atom. The van der Waals surface area contributed by atoms with E-state index in [9.17, 15) is 4.79 Å². The number of methoxy groups -OCH3 is 2. The van der Waals surface area contributed by atoms with E-state index in [0.29, 0.717) is 32.8 Å². The number of thiazole rings is 1. The van der Waals surface area contributed by atoms with Gasteiger partial charge in [0.25, 0.3) is 5.91 Å². The average Bonchev–Trinajstić information content (AvgIpc) is 3.24. The molecule has 1 amide bonds. The topological polar surface area (TPSA) is 72.5 Å². The average molecular weight is 518 g/mol. The smallest absolute Gasteiger partial charge is 0.264 e. The molecule has 33 heavy (non-hydrogen) atoms. The number of benzene rings is 3. The maximum atomic E-state index is 12.9. The summed E-state index contributed by atoms with van der Waals surface area (Å²) in [6, 6.07) is 16.2. The Labute approximate surface area is 209 Å². The first-order chi connectivity index (χ1) is 15.9. The molecular formula is C23H17Cl2N3O3S2. The van der Waals surface area contributed by atoms with Crippen LogP contribution < -0.4 is 20.1 Å². The van der Waals surface area contributed by atoms with Gasteiger partial charge in [-0.25, -0.2) is 4.98 Å². The van der Waals surface area contributed by atoms with Crippen LogP contribution in [-0.4, -0.2) is 30.2 Å². The van der Waals surface area contributed by atoms with Gasteiger partial charge in [-0.2, -0.15) is 0 Å². The zero-order chi connectivity index (χ0) is 23.5. The maximum Gasteiger partial charge on any atom is 0.264 e. The molecule has 0 aliphatic rings. The molecule has 4 rings (SSSR count). The van der Waals surface area contributed by atoms with Crippen LogP contribution in [0.5, 0.6) is 11.5 Å². The van der Waals surface area contributed by atoms with Gasteiger partial charge in [0.15, 0.2) is 5.11 Å². The molecule has 0 radical (unpaired) electrons. The number of hydrogen-bond donors (Lipinski definition) is 2. The Morgan fingerprint density at radius 1 is 1.00 bits per heavy atom. The van der Waals surface area contributed by atoms with E-state index in [1.165, 1.54) is 25.6 Å². The lowest BCUT2D eigenvalue weighted by atomic mass is 10.1. The van der Waals surface area contributed by atoms with Crippen LogP contribution in [-0.2, 0) is 0 Å². The number of carbonyl (C=O) groups excluding carboxylic acids is 1. The maximum absolute atomic E-state index is 12.9. The lowest BCUT2D eigenvalue weighted by molar-refractivity contribution is 0.0971. The number of carbonyl (C=O) groups is 1. The summed E-state index contributed by atoms with van der Waals surface area (Å²) < 4.78 is 11.6. The molecule has 0 aliphatic heterocycles. The van der Waals surface area contributed by atoms with E-state index >= 15 is 0 Å². The van der Waals surface area contributed by atoms with Crippen LogP contribution >= 0.6 is 46.8 Å². The standard InChI is InChI=1S/C23H17Cl2N3O3S2/c1-30-17-7-5-8-18(31-2)20(17)21(29)28-23(32)27-16-10-12(13(24)11-14(16)25)22-26-15-6-3-4-9-19(15)33-22/h3-11H,1-2H3,(H2,27,28,29,32). The van der Waals surface area contributed by atoms with Gasteiger partial charge in [-0.3, -0.25) is 10.1 Å². The van der Waals surface area contributed by atoms with Crippen molar-refractivity contribution in [3.63, 3.8) is 0 Å². The van der Waals surface area contributed by atoms with Gasteiger partial charge in [-0.05, 0) is 48.6 Å². The minimum Gasteiger partial charge on any atom is -0.496 e. The Kier molecular flexibility index (Phi) is 6.99. The third kappa shape index (κ3) is 4.89. The van der Waals surface area contributed by atoms with Crippen LogP contribution in [0.1, 0.15) is 10.4 Å². The molecule has 0 bridgehead atoms. The van der Waals surface area contributed by atoms with Gasteiger partial charge in [0, 0.05) is 5.56 Å². The Morgan fingerprint density at radius 2 is 1.70 bits per heavy atom. The molecule has 0 atom stereocenters. The largest absolute Gasteiger partial charge is 0.496 e. The summed E-state index contributed by atoms with van der Waals surface area (Å²) in [5, 5.41) is 7.19. The van der Waals surface area contributed by atoms with Gasteiger partial charge in [0.1, 0.15) is 22.1 Å². The first-order valence-corrected chi connectivity index (χ1v) is 11.6. The Balaban J connectivity index is 1.59. The van der Waals surface area contributed by atoms with Crippen LogP contribution in [0.4, 0.5) is 5.69 Å². The Bertz CT molecular complexity index is 1320. The van der Waals surface area contributed by atoms with Crippen LogP contribution in [0.3, 0.4) is 0 Å². The summed E-state index contributed by atoms with van der Waals surface area (Å²) in [5.41, 5.74) is 2.29. The SMILES string of the molecule is COc1cccc(OC)c1C(=O)NC(=S)Nc1cc(-c2nc3ccccc3s2)c(Cl)cc1Cl. The molecule has 6 nitrogen and oxygen atoms in total. The van der Waals surface area contributed by atoms with Crippen LogP contribution in [0.15, 0.2) is 54.6 Å². The molecule has 0 aliphatic carbocycles. The molecule has 0 saturated heterocycles. The van der Waals surface area contributed by atoms with Crippen molar-refractivity contribution in [2.24, 2.45) is 0 Å². The number of ether oxygens (including phenoxy) is 2. The number of nitrogens with one attached hydrogen (secondary N) is 2. The zero-order valence-electron chi connectivity index (χ0n) is 17.4. The zero-order valence-corrected chi connectivity index (χ0v) is 20.6. The number of amides is 1. The molecule has 10 heteroatoms. The number of thiocarbonyl (C=S) groups is 1. The van der Waals surface area contributed by atoms with Gasteiger partial charge >= 0.3 is 0 Å². The van der Waals surface area contributed by atoms with Crippen LogP contribution in [0, 0.1) is 0 Å².